The van der Waals surface area contributed by atoms with Crippen molar-refractivity contribution in [2.24, 2.45) is 34.5 Å². The first kappa shape index (κ1) is 21.4. The van der Waals surface area contributed by atoms with Crippen molar-refractivity contribution < 1.29 is 9.59 Å². The van der Waals surface area contributed by atoms with Crippen LogP contribution in [0.4, 0.5) is 0 Å². The molecule has 4 aliphatic carbocycles. The van der Waals surface area contributed by atoms with Gasteiger partial charge in [0.1, 0.15) is 0 Å². The Morgan fingerprint density at radius 3 is 2.45 bits per heavy atom. The highest BCUT2D eigenvalue weighted by Gasteiger charge is 2.61. The lowest BCUT2D eigenvalue weighted by molar-refractivity contribution is -0.142. The normalized spacial score (nSPS) is 41.8. The number of amides is 2. The Balaban J connectivity index is 1.19. The van der Waals surface area contributed by atoms with E-state index in [1.807, 2.05) is 18.0 Å². The van der Waals surface area contributed by atoms with Gasteiger partial charge in [-0.15, -0.1) is 0 Å². The van der Waals surface area contributed by atoms with Gasteiger partial charge in [0.15, 0.2) is 0 Å². The quantitative estimate of drug-likeness (QED) is 0.726. The number of rotatable bonds is 2. The standard InChI is InChI=1S/C29H38N2O2/c1-28-14-12-23-21(8-11-25-29(23,2)15-13-26(32)31(25)3)22(28)9-10-24(28)27(33)30-20-16-18-6-4-5-7-19(18)17-20/h4-7,13,15,20-25H,8-12,14,16-17H2,1-3H3,(H,30,33)/t21-,22-,23-,24+,25+,28-,29+/m0/s1. The van der Waals surface area contributed by atoms with Crippen LogP contribution in [0.1, 0.15) is 63.5 Å². The zero-order valence-corrected chi connectivity index (χ0v) is 20.3. The number of likely N-dealkylation sites (N-methyl/N-ethyl adjacent to an activating group) is 1. The minimum absolute atomic E-state index is 0.0723. The lowest BCUT2D eigenvalue weighted by Gasteiger charge is -2.60. The fraction of sp³-hybridized carbons (Fsp3) is 0.655. The summed E-state index contributed by atoms with van der Waals surface area (Å²) in [6.07, 6.45) is 12.8. The molecule has 6 rings (SSSR count). The van der Waals surface area contributed by atoms with Gasteiger partial charge in [-0.25, -0.2) is 0 Å². The van der Waals surface area contributed by atoms with Gasteiger partial charge in [-0.2, -0.15) is 0 Å². The van der Waals surface area contributed by atoms with Gasteiger partial charge in [0.05, 0.1) is 0 Å². The van der Waals surface area contributed by atoms with Crippen LogP contribution >= 0.6 is 0 Å². The molecule has 1 aromatic carbocycles. The summed E-state index contributed by atoms with van der Waals surface area (Å²) in [6.45, 7) is 4.82. The number of hydrogen-bond acceptors (Lipinski definition) is 2. The van der Waals surface area contributed by atoms with E-state index in [1.165, 1.54) is 30.4 Å². The highest BCUT2D eigenvalue weighted by atomic mass is 16.2. The van der Waals surface area contributed by atoms with Crippen molar-refractivity contribution in [3.8, 4) is 0 Å². The van der Waals surface area contributed by atoms with Gasteiger partial charge >= 0.3 is 0 Å². The molecule has 0 spiro atoms. The average molecular weight is 447 g/mol. The van der Waals surface area contributed by atoms with Crippen LogP contribution < -0.4 is 5.32 Å². The predicted octanol–water partition coefficient (Wildman–Crippen LogP) is 4.53. The number of carbonyl (C=O) groups excluding carboxylic acids is 2. The number of fused-ring (bicyclic) bond motifs is 6. The number of nitrogens with one attached hydrogen (secondary N) is 1. The van der Waals surface area contributed by atoms with Crippen molar-refractivity contribution in [3.63, 3.8) is 0 Å². The van der Waals surface area contributed by atoms with E-state index < -0.39 is 0 Å². The molecule has 176 valence electrons. The molecule has 0 unspecified atom stereocenters. The Morgan fingerprint density at radius 1 is 1.00 bits per heavy atom. The molecule has 7 atom stereocenters. The maximum absolute atomic E-state index is 13.6. The Morgan fingerprint density at radius 2 is 1.73 bits per heavy atom. The first-order chi connectivity index (χ1) is 15.8. The smallest absolute Gasteiger partial charge is 0.246 e. The molecule has 33 heavy (non-hydrogen) atoms. The van der Waals surface area contributed by atoms with Gasteiger partial charge in [-0.05, 0) is 91.7 Å². The summed E-state index contributed by atoms with van der Waals surface area (Å²) < 4.78 is 0. The van der Waals surface area contributed by atoms with Gasteiger partial charge in [-0.3, -0.25) is 9.59 Å². The second-order valence-corrected chi connectivity index (χ2v) is 12.2. The molecule has 0 radical (unpaired) electrons. The summed E-state index contributed by atoms with van der Waals surface area (Å²) in [5, 5.41) is 3.47. The van der Waals surface area contributed by atoms with Gasteiger partial charge in [0, 0.05) is 30.5 Å². The first-order valence-corrected chi connectivity index (χ1v) is 13.1. The van der Waals surface area contributed by atoms with Crippen molar-refractivity contribution in [2.45, 2.75) is 77.3 Å². The number of nitrogens with zero attached hydrogens (tertiary/aromatic N) is 1. The van der Waals surface area contributed by atoms with Crippen molar-refractivity contribution in [3.05, 3.63) is 47.5 Å². The Kier molecular flexibility index (Phi) is 4.84. The van der Waals surface area contributed by atoms with Gasteiger partial charge in [0.25, 0.3) is 0 Å². The van der Waals surface area contributed by atoms with Crippen LogP contribution in [0.15, 0.2) is 36.4 Å². The molecule has 0 saturated heterocycles. The molecule has 0 aromatic heterocycles. The largest absolute Gasteiger partial charge is 0.352 e. The molecule has 3 fully saturated rings. The van der Waals surface area contributed by atoms with E-state index in [9.17, 15) is 9.59 Å². The number of benzene rings is 1. The van der Waals surface area contributed by atoms with Crippen LogP contribution in [0.5, 0.6) is 0 Å². The van der Waals surface area contributed by atoms with E-state index in [1.54, 1.807) is 0 Å². The van der Waals surface area contributed by atoms with Crippen LogP contribution in [0.2, 0.25) is 0 Å². The molecular weight excluding hydrogens is 408 g/mol. The van der Waals surface area contributed by atoms with Crippen molar-refractivity contribution in [2.75, 3.05) is 7.05 Å². The van der Waals surface area contributed by atoms with Crippen molar-refractivity contribution in [1.29, 1.82) is 0 Å². The van der Waals surface area contributed by atoms with Crippen molar-refractivity contribution in [1.82, 2.24) is 10.2 Å². The summed E-state index contributed by atoms with van der Waals surface area (Å²) in [7, 11) is 1.99. The highest BCUT2D eigenvalue weighted by molar-refractivity contribution is 5.89. The van der Waals surface area contributed by atoms with E-state index >= 15 is 0 Å². The van der Waals surface area contributed by atoms with Crippen LogP contribution in [-0.2, 0) is 22.4 Å². The monoisotopic (exact) mass is 446 g/mol. The molecule has 1 heterocycles. The molecule has 5 aliphatic rings. The third-order valence-corrected chi connectivity index (χ3v) is 10.8. The molecule has 3 saturated carbocycles. The van der Waals surface area contributed by atoms with Crippen LogP contribution in [0.25, 0.3) is 0 Å². The van der Waals surface area contributed by atoms with Crippen LogP contribution in [0, 0.1) is 34.5 Å². The molecule has 0 bridgehead atoms. The van der Waals surface area contributed by atoms with E-state index in [0.717, 1.165) is 32.1 Å². The first-order valence-electron chi connectivity index (χ1n) is 13.1. The fourth-order valence-corrected chi connectivity index (χ4v) is 9.13. The van der Waals surface area contributed by atoms with Gasteiger partial charge in [-0.1, -0.05) is 44.2 Å². The second kappa shape index (κ2) is 7.45. The zero-order chi connectivity index (χ0) is 23.0. The lowest BCUT2D eigenvalue weighted by atomic mass is 9.47. The molecular formula is C29H38N2O2. The minimum atomic E-state index is 0.0723. The summed E-state index contributed by atoms with van der Waals surface area (Å²) in [5.41, 5.74) is 2.98. The predicted molar refractivity (Wildman–Crippen MR) is 129 cm³/mol. The molecule has 4 nitrogen and oxygen atoms in total. The third-order valence-electron chi connectivity index (χ3n) is 10.8. The highest BCUT2D eigenvalue weighted by Crippen LogP contribution is 2.65. The Hall–Kier alpha value is -2.10. The van der Waals surface area contributed by atoms with E-state index in [0.29, 0.717) is 29.7 Å². The number of hydrogen-bond donors (Lipinski definition) is 1. The third kappa shape index (κ3) is 3.08. The zero-order valence-electron chi connectivity index (χ0n) is 20.3. The van der Waals surface area contributed by atoms with Crippen LogP contribution in [0.3, 0.4) is 0 Å². The topological polar surface area (TPSA) is 49.4 Å². The van der Waals surface area contributed by atoms with E-state index in [2.05, 4.69) is 49.5 Å². The van der Waals surface area contributed by atoms with E-state index in [4.69, 9.17) is 0 Å². The van der Waals surface area contributed by atoms with E-state index in [-0.39, 0.29) is 28.7 Å². The number of carbonyl (C=O) groups is 2. The maximum atomic E-state index is 13.6. The maximum Gasteiger partial charge on any atom is 0.246 e. The average Bonchev–Trinajstić information content (AvgIpc) is 3.36. The summed E-state index contributed by atoms with van der Waals surface area (Å²) >= 11 is 0. The molecule has 2 amide bonds. The SMILES string of the molecule is CN1C(=O)C=C[C@]2(C)[C@H]3CC[C@]4(C)[C@@H](C(=O)NC5Cc6ccccc6C5)CC[C@H]4[C@@H]3CC[C@@H]12. The van der Waals surface area contributed by atoms with Crippen LogP contribution in [-0.4, -0.2) is 35.8 Å². The minimum Gasteiger partial charge on any atom is -0.352 e. The molecule has 1 N–H and O–H groups in total. The Bertz CT molecular complexity index is 992. The van der Waals surface area contributed by atoms with Gasteiger partial charge in [0.2, 0.25) is 11.8 Å². The lowest BCUT2D eigenvalue weighted by Crippen LogP contribution is -2.60. The van der Waals surface area contributed by atoms with Crippen molar-refractivity contribution >= 4 is 11.8 Å². The summed E-state index contributed by atoms with van der Waals surface area (Å²) in [5.74, 6) is 2.52. The molecule has 4 heteroatoms. The second-order valence-electron chi connectivity index (χ2n) is 12.2. The molecule has 1 aliphatic heterocycles. The molecule has 1 aromatic rings. The van der Waals surface area contributed by atoms with Gasteiger partial charge < -0.3 is 10.2 Å². The Labute approximate surface area is 198 Å². The summed E-state index contributed by atoms with van der Waals surface area (Å²) in [4.78, 5) is 27.9. The summed E-state index contributed by atoms with van der Waals surface area (Å²) in [6, 6.07) is 9.20. The fourth-order valence-electron chi connectivity index (χ4n) is 9.13.